The first-order valence-electron chi connectivity index (χ1n) is 6.02. The minimum Gasteiger partial charge on any atom is -0.351 e. The molecule has 1 aromatic rings. The lowest BCUT2D eigenvalue weighted by atomic mass is 9.85. The highest BCUT2D eigenvalue weighted by atomic mass is 79.9. The smallest absolute Gasteiger partial charge is 0.222 e. The Bertz CT molecular complexity index is 318. The molecule has 1 fully saturated rings. The fourth-order valence-corrected chi connectivity index (χ4v) is 2.49. The van der Waals surface area contributed by atoms with Gasteiger partial charge >= 0.3 is 0 Å². The Morgan fingerprint density at radius 1 is 1.25 bits per heavy atom. The maximum Gasteiger partial charge on any atom is 0.222 e. The van der Waals surface area contributed by atoms with Crippen LogP contribution in [0.3, 0.4) is 0 Å². The van der Waals surface area contributed by atoms with Crippen LogP contribution in [-0.4, -0.2) is 16.0 Å². The third kappa shape index (κ3) is 3.17. The van der Waals surface area contributed by atoms with Gasteiger partial charge in [-0.3, -0.25) is 0 Å². The second-order valence-corrected chi connectivity index (χ2v) is 5.41. The zero-order valence-electron chi connectivity index (χ0n) is 9.62. The summed E-state index contributed by atoms with van der Waals surface area (Å²) < 4.78 is 0.924. The highest BCUT2D eigenvalue weighted by molar-refractivity contribution is 9.10. The fraction of sp³-hybridized carbons (Fsp3) is 0.667. The lowest BCUT2D eigenvalue weighted by Gasteiger charge is -2.28. The van der Waals surface area contributed by atoms with E-state index in [-0.39, 0.29) is 0 Å². The molecular weight excluding hydrogens is 266 g/mol. The quantitative estimate of drug-likeness (QED) is 0.921. The molecule has 4 heteroatoms. The van der Waals surface area contributed by atoms with Gasteiger partial charge in [0, 0.05) is 18.4 Å². The van der Waals surface area contributed by atoms with Crippen molar-refractivity contribution >= 4 is 21.9 Å². The molecule has 1 N–H and O–H groups in total. The summed E-state index contributed by atoms with van der Waals surface area (Å²) in [5.74, 6) is 1.69. The van der Waals surface area contributed by atoms with Gasteiger partial charge in [0.2, 0.25) is 5.95 Å². The van der Waals surface area contributed by atoms with Gasteiger partial charge in [0.15, 0.2) is 0 Å². The zero-order valence-corrected chi connectivity index (χ0v) is 11.2. The first-order valence-corrected chi connectivity index (χ1v) is 6.81. The summed E-state index contributed by atoms with van der Waals surface area (Å²) in [5, 5.41) is 3.41. The van der Waals surface area contributed by atoms with Crippen molar-refractivity contribution in [3.8, 4) is 0 Å². The minimum absolute atomic E-state index is 0.559. The highest BCUT2D eigenvalue weighted by Gasteiger charge is 2.20. The molecule has 0 atom stereocenters. The number of halogens is 1. The molecule has 16 heavy (non-hydrogen) atoms. The van der Waals surface area contributed by atoms with Crippen LogP contribution in [0, 0.1) is 5.92 Å². The Balaban J connectivity index is 1.84. The van der Waals surface area contributed by atoms with E-state index < -0.39 is 0 Å². The van der Waals surface area contributed by atoms with Gasteiger partial charge < -0.3 is 5.32 Å². The number of nitrogens with zero attached hydrogens (tertiary/aromatic N) is 2. The molecule has 0 aliphatic heterocycles. The predicted octanol–water partition coefficient (Wildman–Crippen LogP) is 3.62. The van der Waals surface area contributed by atoms with Gasteiger partial charge in [-0.15, -0.1) is 0 Å². The fourth-order valence-electron chi connectivity index (χ4n) is 2.28. The van der Waals surface area contributed by atoms with Gasteiger partial charge in [-0.05, 0) is 47.5 Å². The molecule has 1 heterocycles. The molecule has 0 aromatic carbocycles. The van der Waals surface area contributed by atoms with E-state index in [4.69, 9.17) is 0 Å². The van der Waals surface area contributed by atoms with Crippen LogP contribution < -0.4 is 5.32 Å². The van der Waals surface area contributed by atoms with Gasteiger partial charge in [0.1, 0.15) is 0 Å². The van der Waals surface area contributed by atoms with Gasteiger partial charge in [-0.2, -0.15) is 0 Å². The van der Waals surface area contributed by atoms with E-state index in [1.807, 2.05) is 0 Å². The number of anilines is 1. The van der Waals surface area contributed by atoms with Crippen molar-refractivity contribution in [3.05, 3.63) is 16.9 Å². The van der Waals surface area contributed by atoms with Crippen molar-refractivity contribution in [2.45, 2.75) is 45.1 Å². The van der Waals surface area contributed by atoms with Gasteiger partial charge in [-0.25, -0.2) is 9.97 Å². The van der Waals surface area contributed by atoms with Crippen LogP contribution in [0.4, 0.5) is 5.95 Å². The maximum absolute atomic E-state index is 4.24. The number of hydrogen-bond donors (Lipinski definition) is 1. The van der Waals surface area contributed by atoms with Crippen LogP contribution in [0.1, 0.15) is 39.0 Å². The lowest BCUT2D eigenvalue weighted by molar-refractivity contribution is 0.329. The van der Waals surface area contributed by atoms with Crippen molar-refractivity contribution in [1.29, 1.82) is 0 Å². The molecule has 3 nitrogen and oxygen atoms in total. The average molecular weight is 284 g/mol. The third-order valence-electron chi connectivity index (χ3n) is 3.38. The van der Waals surface area contributed by atoms with Crippen molar-refractivity contribution in [3.63, 3.8) is 0 Å². The topological polar surface area (TPSA) is 37.8 Å². The maximum atomic E-state index is 4.24. The molecule has 88 valence electrons. The summed E-state index contributed by atoms with van der Waals surface area (Å²) in [6.45, 7) is 2.29. The number of aromatic nitrogens is 2. The van der Waals surface area contributed by atoms with E-state index in [9.17, 15) is 0 Å². The Morgan fingerprint density at radius 2 is 1.88 bits per heavy atom. The zero-order chi connectivity index (χ0) is 11.4. The highest BCUT2D eigenvalue weighted by Crippen LogP contribution is 2.27. The third-order valence-corrected chi connectivity index (χ3v) is 3.79. The van der Waals surface area contributed by atoms with Crippen LogP contribution in [0.2, 0.25) is 0 Å². The molecule has 0 unspecified atom stereocenters. The standard InChI is InChI=1S/C12H18BrN3/c1-2-9-3-5-11(6-4-9)16-12-14-7-10(13)8-15-12/h7-9,11H,2-6H2,1H3,(H,14,15,16). The van der Waals surface area contributed by atoms with E-state index in [0.717, 1.165) is 16.3 Å². The Labute approximate surface area is 105 Å². The lowest BCUT2D eigenvalue weighted by Crippen LogP contribution is -2.26. The second-order valence-electron chi connectivity index (χ2n) is 4.50. The van der Waals surface area contributed by atoms with Crippen LogP contribution in [0.5, 0.6) is 0 Å². The predicted molar refractivity (Wildman–Crippen MR) is 69.4 cm³/mol. The van der Waals surface area contributed by atoms with Crippen LogP contribution in [0.15, 0.2) is 16.9 Å². The molecule has 1 aliphatic rings. The largest absolute Gasteiger partial charge is 0.351 e. The van der Waals surface area contributed by atoms with Crippen LogP contribution in [0.25, 0.3) is 0 Å². The first-order chi connectivity index (χ1) is 7.78. The number of rotatable bonds is 3. The monoisotopic (exact) mass is 283 g/mol. The average Bonchev–Trinajstić information content (AvgIpc) is 2.33. The molecule has 0 spiro atoms. The number of nitrogens with one attached hydrogen (secondary N) is 1. The first kappa shape index (κ1) is 11.8. The van der Waals surface area contributed by atoms with E-state index in [0.29, 0.717) is 6.04 Å². The Morgan fingerprint density at radius 3 is 2.44 bits per heavy atom. The van der Waals surface area contributed by atoms with Crippen LogP contribution >= 0.6 is 15.9 Å². The summed E-state index contributed by atoms with van der Waals surface area (Å²) in [5.41, 5.74) is 0. The summed E-state index contributed by atoms with van der Waals surface area (Å²) >= 11 is 3.34. The molecule has 0 radical (unpaired) electrons. The second kappa shape index (κ2) is 5.62. The van der Waals surface area contributed by atoms with E-state index >= 15 is 0 Å². The molecule has 1 aromatic heterocycles. The molecule has 0 amide bonds. The molecule has 0 bridgehead atoms. The SMILES string of the molecule is CCC1CCC(Nc2ncc(Br)cn2)CC1. The molecular formula is C12H18BrN3. The number of hydrogen-bond acceptors (Lipinski definition) is 3. The molecule has 0 saturated heterocycles. The Kier molecular flexibility index (Phi) is 4.16. The normalized spacial score (nSPS) is 25.4. The van der Waals surface area contributed by atoms with Crippen molar-refractivity contribution < 1.29 is 0 Å². The summed E-state index contributed by atoms with van der Waals surface area (Å²) in [4.78, 5) is 8.48. The van der Waals surface area contributed by atoms with Crippen molar-refractivity contribution in [1.82, 2.24) is 9.97 Å². The van der Waals surface area contributed by atoms with Crippen molar-refractivity contribution in [2.24, 2.45) is 5.92 Å². The van der Waals surface area contributed by atoms with Crippen molar-refractivity contribution in [2.75, 3.05) is 5.32 Å². The van der Waals surface area contributed by atoms with Crippen LogP contribution in [-0.2, 0) is 0 Å². The summed E-state index contributed by atoms with van der Waals surface area (Å²) in [6, 6.07) is 0.559. The molecule has 1 aliphatic carbocycles. The Hall–Kier alpha value is -0.640. The minimum atomic E-state index is 0.559. The van der Waals surface area contributed by atoms with Gasteiger partial charge in [-0.1, -0.05) is 13.3 Å². The van der Waals surface area contributed by atoms with E-state index in [1.54, 1.807) is 12.4 Å². The van der Waals surface area contributed by atoms with E-state index in [1.165, 1.54) is 32.1 Å². The van der Waals surface area contributed by atoms with E-state index in [2.05, 4.69) is 38.1 Å². The summed E-state index contributed by atoms with van der Waals surface area (Å²) in [7, 11) is 0. The van der Waals surface area contributed by atoms with Gasteiger partial charge in [0.25, 0.3) is 0 Å². The molecule has 2 rings (SSSR count). The van der Waals surface area contributed by atoms with Gasteiger partial charge in [0.05, 0.1) is 4.47 Å². The molecule has 1 saturated carbocycles. The summed E-state index contributed by atoms with van der Waals surface area (Å²) in [6.07, 6.45) is 10.1.